The van der Waals surface area contributed by atoms with E-state index in [9.17, 15) is 9.90 Å². The first kappa shape index (κ1) is 10.8. The maximum atomic E-state index is 11.6. The second-order valence-corrected chi connectivity index (χ2v) is 4.37. The average Bonchev–Trinajstić information content (AvgIpc) is 2.26. The minimum Gasteiger partial charge on any atom is -0.508 e. The molecule has 2 N–H and O–H groups in total. The third-order valence-electron chi connectivity index (χ3n) is 3.40. The summed E-state index contributed by atoms with van der Waals surface area (Å²) in [4.78, 5) is 13.3. The number of nitrogens with zero attached hydrogens (tertiary/aromatic N) is 1. The van der Waals surface area contributed by atoms with Crippen LogP contribution in [-0.2, 0) is 5.54 Å². The van der Waals surface area contributed by atoms with Crippen LogP contribution in [0.1, 0.15) is 18.9 Å². The number of carbonyl (C=O) groups is 1. The zero-order valence-electron chi connectivity index (χ0n) is 9.53. The maximum Gasteiger partial charge on any atom is 0.317 e. The highest BCUT2D eigenvalue weighted by Crippen LogP contribution is 2.34. The first-order valence-corrected chi connectivity index (χ1v) is 5.35. The van der Waals surface area contributed by atoms with E-state index in [1.807, 2.05) is 13.0 Å². The van der Waals surface area contributed by atoms with Crippen molar-refractivity contribution in [3.63, 3.8) is 0 Å². The van der Waals surface area contributed by atoms with Crippen molar-refractivity contribution < 1.29 is 9.90 Å². The fourth-order valence-electron chi connectivity index (χ4n) is 2.10. The van der Waals surface area contributed by atoms with Gasteiger partial charge in [0.1, 0.15) is 5.75 Å². The lowest BCUT2D eigenvalue weighted by molar-refractivity contribution is 0.117. The molecular formula is C12H16N2O2. The Labute approximate surface area is 94.9 Å². The summed E-state index contributed by atoms with van der Waals surface area (Å²) in [5, 5.41) is 12.3. The number of carbonyl (C=O) groups excluding carboxylic acids is 1. The summed E-state index contributed by atoms with van der Waals surface area (Å²) >= 11 is 0. The Morgan fingerprint density at radius 2 is 2.25 bits per heavy atom. The van der Waals surface area contributed by atoms with Gasteiger partial charge in [0.25, 0.3) is 0 Å². The standard InChI is InChI=1S/C12H16N2O2/c1-12(6-7-13-11(16)14(12)2)9-4-3-5-10(15)8-9/h3-5,8,15H,6-7H2,1-2H3,(H,13,16). The molecule has 1 saturated heterocycles. The van der Waals surface area contributed by atoms with Crippen LogP contribution in [0, 0.1) is 0 Å². The predicted octanol–water partition coefficient (Wildman–Crippen LogP) is 1.65. The van der Waals surface area contributed by atoms with Crippen LogP contribution in [0.25, 0.3) is 0 Å². The molecule has 1 aliphatic rings. The Morgan fingerprint density at radius 3 is 2.94 bits per heavy atom. The van der Waals surface area contributed by atoms with Crippen molar-refractivity contribution in [1.29, 1.82) is 0 Å². The van der Waals surface area contributed by atoms with Gasteiger partial charge in [-0.1, -0.05) is 12.1 Å². The largest absolute Gasteiger partial charge is 0.508 e. The number of phenolic OH excluding ortho intramolecular Hbond substituents is 1. The summed E-state index contributed by atoms with van der Waals surface area (Å²) in [6.45, 7) is 2.68. The number of hydrogen-bond acceptors (Lipinski definition) is 2. The molecule has 1 fully saturated rings. The first-order chi connectivity index (χ1) is 7.54. The summed E-state index contributed by atoms with van der Waals surface area (Å²) in [6.07, 6.45) is 0.832. The summed E-state index contributed by atoms with van der Waals surface area (Å²) in [5.74, 6) is 0.234. The lowest BCUT2D eigenvalue weighted by atomic mass is 9.86. The molecule has 4 heteroatoms. The molecule has 2 rings (SSSR count). The van der Waals surface area contributed by atoms with Gasteiger partial charge >= 0.3 is 6.03 Å². The monoisotopic (exact) mass is 220 g/mol. The SMILES string of the molecule is CN1C(=O)NCCC1(C)c1cccc(O)c1. The van der Waals surface area contributed by atoms with E-state index in [1.165, 1.54) is 0 Å². The molecule has 0 saturated carbocycles. The van der Waals surface area contributed by atoms with Gasteiger partial charge in [-0.25, -0.2) is 4.79 Å². The van der Waals surface area contributed by atoms with E-state index in [1.54, 1.807) is 30.1 Å². The number of aromatic hydroxyl groups is 1. The topological polar surface area (TPSA) is 52.6 Å². The molecule has 1 aromatic carbocycles. The van der Waals surface area contributed by atoms with Gasteiger partial charge in [0, 0.05) is 13.6 Å². The molecule has 1 unspecified atom stereocenters. The number of urea groups is 1. The third kappa shape index (κ3) is 1.60. The smallest absolute Gasteiger partial charge is 0.317 e. The number of hydrogen-bond donors (Lipinski definition) is 2. The summed E-state index contributed by atoms with van der Waals surface area (Å²) < 4.78 is 0. The van der Waals surface area contributed by atoms with Crippen LogP contribution in [0.15, 0.2) is 24.3 Å². The van der Waals surface area contributed by atoms with Gasteiger partial charge in [-0.2, -0.15) is 0 Å². The predicted molar refractivity (Wildman–Crippen MR) is 61.2 cm³/mol. The van der Waals surface area contributed by atoms with Crippen LogP contribution in [0.5, 0.6) is 5.75 Å². The third-order valence-corrected chi connectivity index (χ3v) is 3.40. The van der Waals surface area contributed by atoms with Crippen molar-refractivity contribution in [2.24, 2.45) is 0 Å². The minimum atomic E-state index is -0.346. The lowest BCUT2D eigenvalue weighted by Crippen LogP contribution is -2.55. The van der Waals surface area contributed by atoms with Crippen LogP contribution < -0.4 is 5.32 Å². The molecule has 1 atom stereocenters. The second kappa shape index (κ2) is 3.70. The number of nitrogens with one attached hydrogen (secondary N) is 1. The van der Waals surface area contributed by atoms with Crippen molar-refractivity contribution in [3.8, 4) is 5.75 Å². The number of amides is 2. The molecule has 86 valence electrons. The zero-order valence-corrected chi connectivity index (χ0v) is 9.53. The summed E-state index contributed by atoms with van der Waals surface area (Å²) in [5.41, 5.74) is 0.617. The first-order valence-electron chi connectivity index (χ1n) is 5.35. The number of phenols is 1. The maximum absolute atomic E-state index is 11.6. The minimum absolute atomic E-state index is 0.0721. The zero-order chi connectivity index (χ0) is 11.8. The van der Waals surface area contributed by atoms with Gasteiger partial charge in [-0.3, -0.25) is 0 Å². The number of benzene rings is 1. The fraction of sp³-hybridized carbons (Fsp3) is 0.417. The Hall–Kier alpha value is -1.71. The molecule has 0 bridgehead atoms. The molecule has 0 aliphatic carbocycles. The summed E-state index contributed by atoms with van der Waals surface area (Å²) in [7, 11) is 1.78. The van der Waals surface area contributed by atoms with Crippen LogP contribution >= 0.6 is 0 Å². The Kier molecular flexibility index (Phi) is 2.50. The highest BCUT2D eigenvalue weighted by atomic mass is 16.3. The van der Waals surface area contributed by atoms with E-state index in [0.717, 1.165) is 12.0 Å². The van der Waals surface area contributed by atoms with Gasteiger partial charge in [0.2, 0.25) is 0 Å². The molecule has 0 radical (unpaired) electrons. The van der Waals surface area contributed by atoms with Gasteiger partial charge in [-0.15, -0.1) is 0 Å². The van der Waals surface area contributed by atoms with Gasteiger partial charge < -0.3 is 15.3 Å². The second-order valence-electron chi connectivity index (χ2n) is 4.37. The molecular weight excluding hydrogens is 204 g/mol. The molecule has 2 amide bonds. The Balaban J connectivity index is 2.40. The average molecular weight is 220 g/mol. The van der Waals surface area contributed by atoms with E-state index in [2.05, 4.69) is 5.32 Å². The van der Waals surface area contributed by atoms with Crippen molar-refractivity contribution in [3.05, 3.63) is 29.8 Å². The molecule has 0 aromatic heterocycles. The van der Waals surface area contributed by atoms with Crippen LogP contribution in [0.2, 0.25) is 0 Å². The lowest BCUT2D eigenvalue weighted by Gasteiger charge is -2.43. The van der Waals surface area contributed by atoms with E-state index >= 15 is 0 Å². The highest BCUT2D eigenvalue weighted by molar-refractivity contribution is 5.76. The van der Waals surface area contributed by atoms with Gasteiger partial charge in [-0.05, 0) is 31.0 Å². The Bertz CT molecular complexity index is 419. The van der Waals surface area contributed by atoms with E-state index in [4.69, 9.17) is 0 Å². The molecule has 1 aliphatic heterocycles. The fourth-order valence-corrected chi connectivity index (χ4v) is 2.10. The molecule has 1 heterocycles. The molecule has 1 aromatic rings. The molecule has 16 heavy (non-hydrogen) atoms. The summed E-state index contributed by atoms with van der Waals surface area (Å²) in [6, 6.07) is 7.02. The normalized spacial score (nSPS) is 25.4. The van der Waals surface area contributed by atoms with Crippen molar-refractivity contribution in [2.75, 3.05) is 13.6 Å². The van der Waals surface area contributed by atoms with E-state index in [0.29, 0.717) is 6.54 Å². The van der Waals surface area contributed by atoms with E-state index in [-0.39, 0.29) is 17.3 Å². The van der Waals surface area contributed by atoms with E-state index < -0.39 is 0 Å². The van der Waals surface area contributed by atoms with Crippen LogP contribution in [-0.4, -0.2) is 29.6 Å². The molecule has 0 spiro atoms. The van der Waals surface area contributed by atoms with Crippen LogP contribution in [0.4, 0.5) is 4.79 Å². The Morgan fingerprint density at radius 1 is 1.50 bits per heavy atom. The quantitative estimate of drug-likeness (QED) is 0.756. The van der Waals surface area contributed by atoms with Crippen molar-refractivity contribution in [2.45, 2.75) is 18.9 Å². The van der Waals surface area contributed by atoms with Gasteiger partial charge in [0.05, 0.1) is 5.54 Å². The van der Waals surface area contributed by atoms with Crippen molar-refractivity contribution in [1.82, 2.24) is 10.2 Å². The highest BCUT2D eigenvalue weighted by Gasteiger charge is 2.37. The molecule has 4 nitrogen and oxygen atoms in total. The van der Waals surface area contributed by atoms with Crippen LogP contribution in [0.3, 0.4) is 0 Å². The van der Waals surface area contributed by atoms with Gasteiger partial charge in [0.15, 0.2) is 0 Å². The number of rotatable bonds is 1. The van der Waals surface area contributed by atoms with Crippen molar-refractivity contribution >= 4 is 6.03 Å².